The molecule has 0 spiro atoms. The highest BCUT2D eigenvalue weighted by molar-refractivity contribution is 4.71. The van der Waals surface area contributed by atoms with Gasteiger partial charge >= 0.3 is 0 Å². The molecule has 0 aliphatic carbocycles. The van der Waals surface area contributed by atoms with Gasteiger partial charge in [0.2, 0.25) is 0 Å². The number of rotatable bonds is 9. The Labute approximate surface area is 96.4 Å². The molecular formula is C13H30N2. The Hall–Kier alpha value is -0.0800. The average Bonchev–Trinajstić information content (AvgIpc) is 2.15. The van der Waals surface area contributed by atoms with E-state index in [0.717, 1.165) is 19.0 Å². The van der Waals surface area contributed by atoms with Gasteiger partial charge < -0.3 is 10.2 Å². The van der Waals surface area contributed by atoms with Gasteiger partial charge in [-0.1, -0.05) is 34.1 Å². The summed E-state index contributed by atoms with van der Waals surface area (Å²) in [5, 5.41) is 3.53. The van der Waals surface area contributed by atoms with E-state index in [4.69, 9.17) is 0 Å². The van der Waals surface area contributed by atoms with Crippen molar-refractivity contribution in [2.24, 2.45) is 5.92 Å². The molecule has 0 aliphatic heterocycles. The zero-order valence-corrected chi connectivity index (χ0v) is 11.3. The lowest BCUT2D eigenvalue weighted by Crippen LogP contribution is -2.41. The van der Waals surface area contributed by atoms with Gasteiger partial charge in [0.25, 0.3) is 0 Å². The van der Waals surface area contributed by atoms with Gasteiger partial charge in [-0.3, -0.25) is 0 Å². The van der Waals surface area contributed by atoms with Crippen molar-refractivity contribution in [1.29, 1.82) is 0 Å². The fraction of sp³-hybridized carbons (Fsp3) is 1.00. The third-order valence-corrected chi connectivity index (χ3v) is 2.71. The fourth-order valence-electron chi connectivity index (χ4n) is 1.98. The molecule has 1 unspecified atom stereocenters. The van der Waals surface area contributed by atoms with Crippen LogP contribution >= 0.6 is 0 Å². The lowest BCUT2D eigenvalue weighted by atomic mass is 10.1. The van der Waals surface area contributed by atoms with Crippen molar-refractivity contribution >= 4 is 0 Å². The van der Waals surface area contributed by atoms with Crippen molar-refractivity contribution in [3.63, 3.8) is 0 Å². The van der Waals surface area contributed by atoms with Crippen LogP contribution in [0.5, 0.6) is 0 Å². The van der Waals surface area contributed by atoms with Crippen molar-refractivity contribution in [2.75, 3.05) is 26.7 Å². The van der Waals surface area contributed by atoms with E-state index in [9.17, 15) is 0 Å². The summed E-state index contributed by atoms with van der Waals surface area (Å²) in [6.45, 7) is 12.6. The molecule has 0 fully saturated rings. The van der Waals surface area contributed by atoms with E-state index in [1.165, 1.54) is 25.8 Å². The molecule has 0 aromatic heterocycles. The van der Waals surface area contributed by atoms with Crippen LogP contribution in [0.1, 0.15) is 47.0 Å². The van der Waals surface area contributed by atoms with Gasteiger partial charge in [0.05, 0.1) is 0 Å². The van der Waals surface area contributed by atoms with Crippen molar-refractivity contribution in [3.05, 3.63) is 0 Å². The van der Waals surface area contributed by atoms with Crippen molar-refractivity contribution in [1.82, 2.24) is 10.2 Å². The Kier molecular flexibility index (Phi) is 9.12. The molecule has 0 aliphatic rings. The molecule has 0 saturated heterocycles. The number of nitrogens with zero attached hydrogens (tertiary/aromatic N) is 1. The van der Waals surface area contributed by atoms with Crippen molar-refractivity contribution in [3.8, 4) is 0 Å². The first-order valence-electron chi connectivity index (χ1n) is 6.52. The quantitative estimate of drug-likeness (QED) is 0.594. The van der Waals surface area contributed by atoms with Gasteiger partial charge in [0, 0.05) is 19.1 Å². The molecule has 0 saturated carbocycles. The zero-order valence-electron chi connectivity index (χ0n) is 11.3. The summed E-state index contributed by atoms with van der Waals surface area (Å²) in [4.78, 5) is 2.51. The monoisotopic (exact) mass is 214 g/mol. The Balaban J connectivity index is 3.88. The topological polar surface area (TPSA) is 15.3 Å². The Morgan fingerprint density at radius 3 is 2.27 bits per heavy atom. The minimum Gasteiger partial charge on any atom is -0.315 e. The van der Waals surface area contributed by atoms with Gasteiger partial charge in [-0.2, -0.15) is 0 Å². The first-order chi connectivity index (χ1) is 7.11. The number of hydrogen-bond acceptors (Lipinski definition) is 2. The molecule has 0 amide bonds. The molecule has 0 heterocycles. The van der Waals surface area contributed by atoms with Crippen LogP contribution in [-0.4, -0.2) is 37.6 Å². The normalized spacial score (nSPS) is 13.8. The third-order valence-electron chi connectivity index (χ3n) is 2.71. The van der Waals surface area contributed by atoms with Crippen LogP contribution in [0.2, 0.25) is 0 Å². The smallest absolute Gasteiger partial charge is 0.0217 e. The van der Waals surface area contributed by atoms with Gasteiger partial charge in [-0.05, 0) is 32.4 Å². The van der Waals surface area contributed by atoms with Gasteiger partial charge in [-0.25, -0.2) is 0 Å². The summed E-state index contributed by atoms with van der Waals surface area (Å²) in [6.07, 6.45) is 3.81. The lowest BCUT2D eigenvalue weighted by molar-refractivity contribution is 0.201. The Bertz CT molecular complexity index is 134. The summed E-state index contributed by atoms with van der Waals surface area (Å²) in [5.74, 6) is 0.764. The summed E-state index contributed by atoms with van der Waals surface area (Å²) in [6, 6.07) is 0.712. The van der Waals surface area contributed by atoms with Crippen molar-refractivity contribution in [2.45, 2.75) is 53.0 Å². The van der Waals surface area contributed by atoms with Gasteiger partial charge in [-0.15, -0.1) is 0 Å². The first kappa shape index (κ1) is 14.9. The van der Waals surface area contributed by atoms with E-state index in [1.807, 2.05) is 0 Å². The molecule has 0 rings (SSSR count). The molecule has 15 heavy (non-hydrogen) atoms. The molecule has 2 heteroatoms. The summed E-state index contributed by atoms with van der Waals surface area (Å²) >= 11 is 0. The highest BCUT2D eigenvalue weighted by Gasteiger charge is 2.13. The minimum absolute atomic E-state index is 0.712. The van der Waals surface area contributed by atoms with Crippen LogP contribution in [0, 0.1) is 5.92 Å². The predicted molar refractivity (Wildman–Crippen MR) is 69.3 cm³/mol. The summed E-state index contributed by atoms with van der Waals surface area (Å²) in [7, 11) is 2.26. The highest BCUT2D eigenvalue weighted by atomic mass is 15.1. The molecular weight excluding hydrogens is 184 g/mol. The Morgan fingerprint density at radius 2 is 1.80 bits per heavy atom. The van der Waals surface area contributed by atoms with Gasteiger partial charge in [0.15, 0.2) is 0 Å². The second-order valence-corrected chi connectivity index (χ2v) is 4.98. The molecule has 92 valence electrons. The van der Waals surface area contributed by atoms with Crippen molar-refractivity contribution < 1.29 is 0 Å². The predicted octanol–water partition coefficient (Wildman–Crippen LogP) is 2.74. The van der Waals surface area contributed by atoms with Crippen LogP contribution in [0.15, 0.2) is 0 Å². The first-order valence-corrected chi connectivity index (χ1v) is 6.52. The van der Waals surface area contributed by atoms with Crippen LogP contribution in [0.4, 0.5) is 0 Å². The minimum atomic E-state index is 0.712. The van der Waals surface area contributed by atoms with Crippen LogP contribution in [-0.2, 0) is 0 Å². The van der Waals surface area contributed by atoms with E-state index >= 15 is 0 Å². The van der Waals surface area contributed by atoms with E-state index in [-0.39, 0.29) is 0 Å². The second kappa shape index (κ2) is 9.17. The molecule has 2 nitrogen and oxygen atoms in total. The highest BCUT2D eigenvalue weighted by Crippen LogP contribution is 2.07. The zero-order chi connectivity index (χ0) is 11.7. The summed E-state index contributed by atoms with van der Waals surface area (Å²) < 4.78 is 0. The maximum Gasteiger partial charge on any atom is 0.0217 e. The van der Waals surface area contributed by atoms with E-state index in [1.54, 1.807) is 0 Å². The molecule has 0 aromatic carbocycles. The lowest BCUT2D eigenvalue weighted by Gasteiger charge is -2.29. The van der Waals surface area contributed by atoms with E-state index in [0.29, 0.717) is 6.04 Å². The van der Waals surface area contributed by atoms with Crippen LogP contribution in [0.3, 0.4) is 0 Å². The van der Waals surface area contributed by atoms with Crippen LogP contribution in [0.25, 0.3) is 0 Å². The fourth-order valence-corrected chi connectivity index (χ4v) is 1.98. The maximum atomic E-state index is 3.53. The largest absolute Gasteiger partial charge is 0.315 e. The van der Waals surface area contributed by atoms with E-state index in [2.05, 4.69) is 45.0 Å². The molecule has 1 N–H and O–H groups in total. The molecule has 0 bridgehead atoms. The standard InChI is InChI=1S/C13H30N2/c1-6-8-13(10-14-9-7-2)15(5)11-12(3)4/h12-14H,6-11H2,1-5H3. The summed E-state index contributed by atoms with van der Waals surface area (Å²) in [5.41, 5.74) is 0. The molecule has 0 aromatic rings. The number of nitrogens with one attached hydrogen (secondary N) is 1. The third kappa shape index (κ3) is 7.80. The SMILES string of the molecule is CCCNCC(CCC)N(C)CC(C)C. The number of likely N-dealkylation sites (N-methyl/N-ethyl adjacent to an activating group) is 1. The van der Waals surface area contributed by atoms with E-state index < -0.39 is 0 Å². The second-order valence-electron chi connectivity index (χ2n) is 4.98. The van der Waals surface area contributed by atoms with Crippen LogP contribution < -0.4 is 5.32 Å². The maximum absolute atomic E-state index is 3.53. The number of hydrogen-bond donors (Lipinski definition) is 1. The van der Waals surface area contributed by atoms with Gasteiger partial charge in [0.1, 0.15) is 0 Å². The average molecular weight is 214 g/mol. The molecule has 0 radical (unpaired) electrons. The Morgan fingerprint density at radius 1 is 1.13 bits per heavy atom. The molecule has 1 atom stereocenters.